The monoisotopic (exact) mass is 430 g/mol. The van der Waals surface area contributed by atoms with E-state index < -0.39 is 0 Å². The number of piperidine rings is 1. The van der Waals surface area contributed by atoms with E-state index in [1.165, 1.54) is 32.2 Å². The highest BCUT2D eigenvalue weighted by atomic mass is 35.5. The van der Waals surface area contributed by atoms with Gasteiger partial charge in [0.2, 0.25) is 0 Å². The Morgan fingerprint density at radius 2 is 1.69 bits per heavy atom. The number of rotatable bonds is 3. The standard InChI is InChI=1S/C21H24Cl2N6/c1-14-3-2-8-28(14)18-6-9-27(10-7-18)20-5-4-19-24-25-21(29(19)26-20)15-11-16(22)13-17(23)12-15/h4-5,11-14,18H,2-3,6-10H2,1H3. The first-order valence-electron chi connectivity index (χ1n) is 10.3. The van der Waals surface area contributed by atoms with Gasteiger partial charge in [-0.15, -0.1) is 15.3 Å². The molecule has 2 saturated heterocycles. The van der Waals surface area contributed by atoms with Crippen LogP contribution in [-0.2, 0) is 0 Å². The lowest BCUT2D eigenvalue weighted by Gasteiger charge is -2.39. The summed E-state index contributed by atoms with van der Waals surface area (Å²) in [7, 11) is 0. The van der Waals surface area contributed by atoms with Gasteiger partial charge in [-0.05, 0) is 69.5 Å². The second-order valence-corrected chi connectivity index (χ2v) is 8.96. The van der Waals surface area contributed by atoms with Crippen molar-refractivity contribution in [2.24, 2.45) is 0 Å². The Balaban J connectivity index is 1.39. The van der Waals surface area contributed by atoms with Crippen molar-refractivity contribution in [1.29, 1.82) is 0 Å². The molecule has 2 aliphatic heterocycles. The first-order valence-corrected chi connectivity index (χ1v) is 11.0. The molecule has 1 aromatic carbocycles. The molecule has 29 heavy (non-hydrogen) atoms. The lowest BCUT2D eigenvalue weighted by Crippen LogP contribution is -2.46. The maximum atomic E-state index is 6.17. The molecule has 5 rings (SSSR count). The molecule has 1 unspecified atom stereocenters. The van der Waals surface area contributed by atoms with E-state index in [2.05, 4.69) is 26.9 Å². The molecule has 3 aromatic rings. The Hall–Kier alpha value is -1.89. The van der Waals surface area contributed by atoms with Gasteiger partial charge in [0, 0.05) is 40.8 Å². The molecule has 0 amide bonds. The zero-order valence-electron chi connectivity index (χ0n) is 16.4. The summed E-state index contributed by atoms with van der Waals surface area (Å²) in [6.07, 6.45) is 5.04. The van der Waals surface area contributed by atoms with Gasteiger partial charge in [-0.1, -0.05) is 23.2 Å². The van der Waals surface area contributed by atoms with Crippen LogP contribution >= 0.6 is 23.2 Å². The number of hydrogen-bond donors (Lipinski definition) is 0. The van der Waals surface area contributed by atoms with Crippen LogP contribution < -0.4 is 4.90 Å². The normalized spacial score (nSPS) is 21.3. The lowest BCUT2D eigenvalue weighted by atomic mass is 10.0. The molecule has 1 atom stereocenters. The molecule has 0 bridgehead atoms. The molecule has 0 radical (unpaired) electrons. The fraction of sp³-hybridized carbons (Fsp3) is 0.476. The predicted octanol–water partition coefficient (Wildman–Crippen LogP) is 4.55. The molecule has 2 fully saturated rings. The first kappa shape index (κ1) is 19.1. The highest BCUT2D eigenvalue weighted by molar-refractivity contribution is 6.35. The number of hydrogen-bond acceptors (Lipinski definition) is 5. The molecule has 0 spiro atoms. The summed E-state index contributed by atoms with van der Waals surface area (Å²) in [5.41, 5.74) is 1.52. The van der Waals surface area contributed by atoms with Gasteiger partial charge in [0.25, 0.3) is 0 Å². The van der Waals surface area contributed by atoms with E-state index >= 15 is 0 Å². The van der Waals surface area contributed by atoms with Crippen molar-refractivity contribution >= 4 is 34.7 Å². The Bertz CT molecular complexity index is 1010. The van der Waals surface area contributed by atoms with Crippen LogP contribution in [0.4, 0.5) is 5.82 Å². The number of fused-ring (bicyclic) bond motifs is 1. The van der Waals surface area contributed by atoms with Gasteiger partial charge in [0.15, 0.2) is 11.5 Å². The van der Waals surface area contributed by atoms with Gasteiger partial charge in [-0.2, -0.15) is 4.52 Å². The second kappa shape index (κ2) is 7.74. The fourth-order valence-electron chi connectivity index (χ4n) is 4.74. The van der Waals surface area contributed by atoms with Gasteiger partial charge < -0.3 is 4.90 Å². The van der Waals surface area contributed by atoms with E-state index in [1.807, 2.05) is 24.3 Å². The Labute approximate surface area is 180 Å². The molecule has 0 N–H and O–H groups in total. The van der Waals surface area contributed by atoms with Gasteiger partial charge >= 0.3 is 0 Å². The van der Waals surface area contributed by atoms with Gasteiger partial charge in [0.05, 0.1) is 0 Å². The van der Waals surface area contributed by atoms with Crippen LogP contribution in [-0.4, -0.2) is 56.4 Å². The molecule has 2 aromatic heterocycles. The maximum Gasteiger partial charge on any atom is 0.185 e. The zero-order valence-corrected chi connectivity index (χ0v) is 17.9. The van der Waals surface area contributed by atoms with E-state index in [1.54, 1.807) is 10.6 Å². The third-order valence-corrected chi connectivity index (χ3v) is 6.67. The average molecular weight is 431 g/mol. The van der Waals surface area contributed by atoms with E-state index in [-0.39, 0.29) is 0 Å². The van der Waals surface area contributed by atoms with E-state index in [4.69, 9.17) is 28.3 Å². The molecule has 0 aliphatic carbocycles. The zero-order chi connectivity index (χ0) is 20.0. The first-order chi connectivity index (χ1) is 14.1. The molecule has 152 valence electrons. The lowest BCUT2D eigenvalue weighted by molar-refractivity contribution is 0.163. The molecule has 0 saturated carbocycles. The quantitative estimate of drug-likeness (QED) is 0.609. The highest BCUT2D eigenvalue weighted by Gasteiger charge is 2.31. The molecule has 4 heterocycles. The summed E-state index contributed by atoms with van der Waals surface area (Å²) >= 11 is 12.3. The van der Waals surface area contributed by atoms with Crippen molar-refractivity contribution in [2.75, 3.05) is 24.5 Å². The van der Waals surface area contributed by atoms with Crippen LogP contribution in [0.1, 0.15) is 32.6 Å². The largest absolute Gasteiger partial charge is 0.355 e. The number of likely N-dealkylation sites (tertiary alicyclic amines) is 1. The van der Waals surface area contributed by atoms with Crippen LogP contribution in [0, 0.1) is 0 Å². The third kappa shape index (κ3) is 3.69. The van der Waals surface area contributed by atoms with Crippen LogP contribution in [0.2, 0.25) is 10.0 Å². The van der Waals surface area contributed by atoms with Crippen LogP contribution in [0.3, 0.4) is 0 Å². The fourth-order valence-corrected chi connectivity index (χ4v) is 5.26. The summed E-state index contributed by atoms with van der Waals surface area (Å²) in [6.45, 7) is 5.66. The van der Waals surface area contributed by atoms with Crippen molar-refractivity contribution in [2.45, 2.75) is 44.7 Å². The molecule has 2 aliphatic rings. The van der Waals surface area contributed by atoms with Gasteiger partial charge in [0.1, 0.15) is 5.82 Å². The molecule has 8 heteroatoms. The number of nitrogens with zero attached hydrogens (tertiary/aromatic N) is 6. The summed E-state index contributed by atoms with van der Waals surface area (Å²) in [6, 6.07) is 10.8. The van der Waals surface area contributed by atoms with E-state index in [9.17, 15) is 0 Å². The minimum absolute atomic E-state index is 0.568. The van der Waals surface area contributed by atoms with Crippen molar-refractivity contribution in [3.05, 3.63) is 40.4 Å². The van der Waals surface area contributed by atoms with Crippen LogP contribution in [0.15, 0.2) is 30.3 Å². The van der Waals surface area contributed by atoms with E-state index in [0.29, 0.717) is 27.6 Å². The van der Waals surface area contributed by atoms with Crippen LogP contribution in [0.5, 0.6) is 0 Å². The summed E-state index contributed by atoms with van der Waals surface area (Å²) in [4.78, 5) is 5.07. The Morgan fingerprint density at radius 1 is 0.931 bits per heavy atom. The minimum Gasteiger partial charge on any atom is -0.355 e. The van der Waals surface area contributed by atoms with Crippen molar-refractivity contribution in [3.8, 4) is 11.4 Å². The summed E-state index contributed by atoms with van der Waals surface area (Å²) in [5, 5.41) is 14.6. The van der Waals surface area contributed by atoms with E-state index in [0.717, 1.165) is 30.5 Å². The van der Waals surface area contributed by atoms with Gasteiger partial charge in [-0.3, -0.25) is 4.90 Å². The topological polar surface area (TPSA) is 49.6 Å². The smallest absolute Gasteiger partial charge is 0.185 e. The molecular formula is C21H24Cl2N6. The summed E-state index contributed by atoms with van der Waals surface area (Å²) in [5.74, 6) is 1.60. The number of anilines is 1. The summed E-state index contributed by atoms with van der Waals surface area (Å²) < 4.78 is 1.78. The Morgan fingerprint density at radius 3 is 2.38 bits per heavy atom. The van der Waals surface area contributed by atoms with Crippen LogP contribution in [0.25, 0.3) is 17.0 Å². The Kier molecular flexibility index (Phi) is 5.10. The maximum absolute atomic E-state index is 6.17. The molecular weight excluding hydrogens is 407 g/mol. The third-order valence-electron chi connectivity index (χ3n) is 6.23. The molecule has 6 nitrogen and oxygen atoms in total. The average Bonchev–Trinajstić information content (AvgIpc) is 3.33. The number of benzene rings is 1. The SMILES string of the molecule is CC1CCCN1C1CCN(c2ccc3nnc(-c4cc(Cl)cc(Cl)c4)n3n2)CC1. The minimum atomic E-state index is 0.568. The second-order valence-electron chi connectivity index (χ2n) is 8.09. The van der Waals surface area contributed by atoms with Crippen molar-refractivity contribution < 1.29 is 0 Å². The van der Waals surface area contributed by atoms with Crippen molar-refractivity contribution in [3.63, 3.8) is 0 Å². The number of aromatic nitrogens is 4. The highest BCUT2D eigenvalue weighted by Crippen LogP contribution is 2.29. The predicted molar refractivity (Wildman–Crippen MR) is 117 cm³/mol. The van der Waals surface area contributed by atoms with Gasteiger partial charge in [-0.25, -0.2) is 0 Å². The number of halogens is 2. The van der Waals surface area contributed by atoms with Crippen molar-refractivity contribution in [1.82, 2.24) is 24.7 Å².